The molecule has 9 rings (SSSR count). The molecule has 0 spiro atoms. The number of anilines is 2. The Labute approximate surface area is 334 Å². The van der Waals surface area contributed by atoms with Crippen LogP contribution in [0.4, 0.5) is 15.8 Å². The summed E-state index contributed by atoms with van der Waals surface area (Å²) in [5.41, 5.74) is 5.30. The summed E-state index contributed by atoms with van der Waals surface area (Å²) in [6.45, 7) is 4.23. The fraction of sp³-hybridized carbons (Fsp3) is 0.537. The van der Waals surface area contributed by atoms with Crippen LogP contribution in [0.25, 0.3) is 27.9 Å². The minimum atomic E-state index is -0.995. The third kappa shape index (κ3) is 7.24. The zero-order valence-corrected chi connectivity index (χ0v) is 33.2. The third-order valence-electron chi connectivity index (χ3n) is 12.9. The molecule has 306 valence electrons. The number of alkyl halides is 1. The van der Waals surface area contributed by atoms with Gasteiger partial charge in [0.2, 0.25) is 11.8 Å². The fourth-order valence-electron chi connectivity index (χ4n) is 9.29. The van der Waals surface area contributed by atoms with Crippen molar-refractivity contribution >= 4 is 45.8 Å². The first-order chi connectivity index (χ1) is 28.0. The van der Waals surface area contributed by atoms with Gasteiger partial charge in [0.15, 0.2) is 11.3 Å². The maximum atomic E-state index is 13.5. The number of nitrogens with one attached hydrogen (secondary N) is 3. The highest BCUT2D eigenvalue weighted by Crippen LogP contribution is 2.35. The van der Waals surface area contributed by atoms with Crippen LogP contribution < -0.4 is 26.5 Å². The van der Waals surface area contributed by atoms with Gasteiger partial charge >= 0.3 is 5.69 Å². The van der Waals surface area contributed by atoms with E-state index in [1.54, 1.807) is 18.7 Å². The molecule has 4 aliphatic rings. The van der Waals surface area contributed by atoms with Crippen molar-refractivity contribution in [1.29, 1.82) is 0 Å². The average Bonchev–Trinajstić information content (AvgIpc) is 3.55. The van der Waals surface area contributed by atoms with Crippen LogP contribution in [-0.4, -0.2) is 109 Å². The summed E-state index contributed by atoms with van der Waals surface area (Å²) < 4.78 is 20.2. The van der Waals surface area contributed by atoms with Crippen LogP contribution in [0.2, 0.25) is 0 Å². The van der Waals surface area contributed by atoms with Crippen LogP contribution >= 0.6 is 0 Å². The number of fused-ring (bicyclic) bond motifs is 2. The molecule has 2 aliphatic heterocycles. The molecule has 2 aliphatic carbocycles. The lowest BCUT2D eigenvalue weighted by atomic mass is 9.85. The number of imide groups is 1. The van der Waals surface area contributed by atoms with E-state index in [1.165, 1.54) is 15.3 Å². The van der Waals surface area contributed by atoms with E-state index >= 15 is 0 Å². The van der Waals surface area contributed by atoms with E-state index in [0.717, 1.165) is 87.2 Å². The van der Waals surface area contributed by atoms with Crippen LogP contribution in [0.3, 0.4) is 0 Å². The molecule has 6 heterocycles. The van der Waals surface area contributed by atoms with Crippen molar-refractivity contribution in [2.24, 2.45) is 18.9 Å². The monoisotopic (exact) mass is 794 g/mol. The molecule has 4 fully saturated rings. The molecule has 4 aromatic heterocycles. The lowest BCUT2D eigenvalue weighted by molar-refractivity contribution is -0.135. The average molecular weight is 795 g/mol. The first-order valence-corrected chi connectivity index (χ1v) is 20.6. The predicted molar refractivity (Wildman–Crippen MR) is 217 cm³/mol. The van der Waals surface area contributed by atoms with Crippen molar-refractivity contribution in [3.8, 4) is 11.3 Å². The van der Waals surface area contributed by atoms with Crippen molar-refractivity contribution in [2.45, 2.75) is 82.1 Å². The van der Waals surface area contributed by atoms with Gasteiger partial charge in [0.05, 0.1) is 46.9 Å². The summed E-state index contributed by atoms with van der Waals surface area (Å²) in [5.74, 6) is 0.117. The van der Waals surface area contributed by atoms with E-state index in [1.807, 2.05) is 36.7 Å². The van der Waals surface area contributed by atoms with Gasteiger partial charge < -0.3 is 20.4 Å². The zero-order chi connectivity index (χ0) is 40.2. The number of hydrogen-bond donors (Lipinski definition) is 3. The van der Waals surface area contributed by atoms with Crippen LogP contribution in [0.5, 0.6) is 0 Å². The number of nitrogens with zero attached hydrogens (tertiary/aromatic N) is 9. The van der Waals surface area contributed by atoms with Gasteiger partial charge in [0.25, 0.3) is 5.91 Å². The van der Waals surface area contributed by atoms with E-state index in [-0.39, 0.29) is 23.7 Å². The second-order valence-electron chi connectivity index (χ2n) is 16.8. The van der Waals surface area contributed by atoms with Crippen LogP contribution in [0.15, 0.2) is 47.7 Å². The van der Waals surface area contributed by atoms with Crippen LogP contribution in [-0.2, 0) is 16.6 Å². The number of rotatable bonds is 11. The normalized spacial score (nSPS) is 24.3. The maximum Gasteiger partial charge on any atom is 0.329 e. The molecular weight excluding hydrogens is 744 g/mol. The summed E-state index contributed by atoms with van der Waals surface area (Å²) in [7, 11) is 5.64. The number of halogens is 1. The van der Waals surface area contributed by atoms with Crippen molar-refractivity contribution in [1.82, 2.24) is 49.0 Å². The number of benzene rings is 1. The van der Waals surface area contributed by atoms with Crippen molar-refractivity contribution in [3.63, 3.8) is 0 Å². The molecule has 3 atom stereocenters. The van der Waals surface area contributed by atoms with Gasteiger partial charge in [-0.3, -0.25) is 33.5 Å². The van der Waals surface area contributed by atoms with Crippen molar-refractivity contribution in [2.75, 3.05) is 50.5 Å². The second kappa shape index (κ2) is 15.3. The Morgan fingerprint density at radius 3 is 2.50 bits per heavy atom. The van der Waals surface area contributed by atoms with Crippen molar-refractivity contribution in [3.05, 3.63) is 59.0 Å². The quantitative estimate of drug-likeness (QED) is 0.168. The number of imidazole rings is 2. The molecule has 16 nitrogen and oxygen atoms in total. The van der Waals surface area contributed by atoms with E-state index in [0.29, 0.717) is 47.6 Å². The van der Waals surface area contributed by atoms with Crippen molar-refractivity contribution < 1.29 is 18.8 Å². The number of aryl methyl sites for hydroxylation is 1. The lowest BCUT2D eigenvalue weighted by Gasteiger charge is -2.37. The zero-order valence-electron chi connectivity index (χ0n) is 33.2. The number of likely N-dealkylation sites (tertiary alicyclic amines) is 1. The fourth-order valence-corrected chi connectivity index (χ4v) is 9.29. The summed E-state index contributed by atoms with van der Waals surface area (Å²) in [4.78, 5) is 59.7. The maximum absolute atomic E-state index is 13.5. The Morgan fingerprint density at radius 1 is 1.00 bits per heavy atom. The molecule has 2 saturated carbocycles. The standard InChI is InChI=1S/C41H51FN12O4/c1-43-32-18-30(48-54-36(20-44-38(32)54)40(57)46-31-17-29(31)42)26-19-45-52(23-26)27-6-4-24(5-7-27)22-51-14-12-25(13-15-51)21-49(2)28-8-9-33-35(16-28)50(3)41(58)53(33)34-10-11-37(55)47-39(34)56/h8-9,16,18-20,23-25,27,29,31,34,43H,4-7,10-15,17,21-22H2,1-3H3,(H,46,57)(H,47,55,56)/t24?,27?,29-,31+,34?/m0/s1. The van der Waals surface area contributed by atoms with Gasteiger partial charge in [-0.1, -0.05) is 0 Å². The molecule has 3 N–H and O–H groups in total. The number of aromatic nitrogens is 7. The molecule has 1 unspecified atom stereocenters. The smallest absolute Gasteiger partial charge is 0.329 e. The Kier molecular flexibility index (Phi) is 10.0. The minimum Gasteiger partial charge on any atom is -0.385 e. The summed E-state index contributed by atoms with van der Waals surface area (Å²) in [5, 5.41) is 17.8. The topological polar surface area (TPSA) is 169 Å². The molecular formula is C41H51FN12O4. The first kappa shape index (κ1) is 38.0. The molecule has 3 amide bonds. The second-order valence-corrected chi connectivity index (χ2v) is 16.8. The molecule has 58 heavy (non-hydrogen) atoms. The molecule has 2 saturated heterocycles. The molecule has 17 heteroatoms. The van der Waals surface area contributed by atoms with Gasteiger partial charge in [-0.05, 0) is 94.1 Å². The van der Waals surface area contributed by atoms with E-state index in [4.69, 9.17) is 10.2 Å². The molecule has 0 radical (unpaired) electrons. The summed E-state index contributed by atoms with van der Waals surface area (Å²) in [6.07, 6.45) is 12.0. The minimum absolute atomic E-state index is 0.218. The van der Waals surface area contributed by atoms with Gasteiger partial charge in [-0.15, -0.1) is 0 Å². The van der Waals surface area contributed by atoms with Gasteiger partial charge in [0, 0.05) is 64.5 Å². The lowest BCUT2D eigenvalue weighted by Crippen LogP contribution is -2.44. The Morgan fingerprint density at radius 2 is 1.78 bits per heavy atom. The number of carbonyl (C=O) groups excluding carboxylic acids is 3. The van der Waals surface area contributed by atoms with E-state index in [9.17, 15) is 23.6 Å². The van der Waals surface area contributed by atoms with Gasteiger partial charge in [-0.2, -0.15) is 10.2 Å². The number of piperidine rings is 2. The summed E-state index contributed by atoms with van der Waals surface area (Å²) in [6, 6.07) is 7.07. The highest BCUT2D eigenvalue weighted by atomic mass is 19.1. The Hall–Kier alpha value is -5.58. The van der Waals surface area contributed by atoms with Crippen LogP contribution in [0.1, 0.15) is 80.4 Å². The van der Waals surface area contributed by atoms with Gasteiger partial charge in [0.1, 0.15) is 12.2 Å². The molecule has 5 aromatic rings. The molecule has 0 bridgehead atoms. The SMILES string of the molecule is CNc1cc(-c2cnn(C3CCC(CN4CCC(CN(C)c5ccc6c(c5)n(C)c(=O)n6C5CCC(=O)NC5=O)CC4)CC3)c2)nn2c(C(=O)N[C@@H]3C[C@@H]3F)cnc12. The third-order valence-corrected chi connectivity index (χ3v) is 12.9. The summed E-state index contributed by atoms with van der Waals surface area (Å²) >= 11 is 0. The first-order valence-electron chi connectivity index (χ1n) is 20.6. The number of amides is 3. The number of hydrogen-bond acceptors (Lipinski definition) is 10. The Balaban J connectivity index is 0.765. The van der Waals surface area contributed by atoms with Crippen LogP contribution in [0, 0.1) is 11.8 Å². The molecule has 1 aromatic carbocycles. The highest BCUT2D eigenvalue weighted by Gasteiger charge is 2.39. The Bertz CT molecular complexity index is 2440. The van der Waals surface area contributed by atoms with E-state index in [2.05, 4.69) is 42.5 Å². The largest absolute Gasteiger partial charge is 0.385 e. The van der Waals surface area contributed by atoms with Gasteiger partial charge in [-0.25, -0.2) is 18.7 Å². The highest BCUT2D eigenvalue weighted by molar-refractivity contribution is 6.00. The predicted octanol–water partition coefficient (Wildman–Crippen LogP) is 3.69. The number of carbonyl (C=O) groups is 3. The van der Waals surface area contributed by atoms with E-state index < -0.39 is 30.1 Å².